The highest BCUT2D eigenvalue weighted by atomic mass is 16.1. The number of allylic oxidation sites excluding steroid dienone is 3. The molecule has 0 fully saturated rings. The van der Waals surface area contributed by atoms with Crippen LogP contribution in [0.1, 0.15) is 0 Å². The van der Waals surface area contributed by atoms with Gasteiger partial charge in [0.25, 0.3) is 5.91 Å². The molecule has 4 heteroatoms. The number of hydrogen-bond acceptors (Lipinski definition) is 3. The summed E-state index contributed by atoms with van der Waals surface area (Å²) in [6, 6.07) is 0. The normalized spacial score (nSPS) is 18.4. The molecule has 2 rings (SSSR count). The minimum atomic E-state index is -0.448. The fourth-order valence-corrected chi connectivity index (χ4v) is 1.31. The highest BCUT2D eigenvalue weighted by molar-refractivity contribution is 5.97. The van der Waals surface area contributed by atoms with Gasteiger partial charge in [0.2, 0.25) is 0 Å². The van der Waals surface area contributed by atoms with Crippen molar-refractivity contribution in [2.45, 2.75) is 0 Å². The molecule has 0 radical (unpaired) electrons. The molecular formula is C10H9N3O. The lowest BCUT2D eigenvalue weighted by atomic mass is 10.1. The van der Waals surface area contributed by atoms with Crippen LogP contribution in [0, 0.1) is 0 Å². The van der Waals surface area contributed by atoms with Gasteiger partial charge in [-0.25, -0.2) is 0 Å². The zero-order valence-electron chi connectivity index (χ0n) is 7.42. The SMILES string of the molecule is NC(=O)C1=CC=CN2C=CC=NC=C12. The van der Waals surface area contributed by atoms with Gasteiger partial charge in [-0.05, 0) is 18.2 Å². The summed E-state index contributed by atoms with van der Waals surface area (Å²) in [6.45, 7) is 0. The molecule has 0 aromatic heterocycles. The highest BCUT2D eigenvalue weighted by Gasteiger charge is 2.17. The van der Waals surface area contributed by atoms with Crippen LogP contribution in [0.2, 0.25) is 0 Å². The third-order valence-electron chi connectivity index (χ3n) is 1.94. The van der Waals surface area contributed by atoms with E-state index in [1.807, 2.05) is 12.4 Å². The lowest BCUT2D eigenvalue weighted by Gasteiger charge is -2.21. The molecule has 1 amide bonds. The number of primary amides is 1. The molecule has 0 aromatic carbocycles. The summed E-state index contributed by atoms with van der Waals surface area (Å²) in [4.78, 5) is 16.9. The van der Waals surface area contributed by atoms with Crippen molar-refractivity contribution in [1.82, 2.24) is 4.90 Å². The van der Waals surface area contributed by atoms with Gasteiger partial charge in [0, 0.05) is 18.6 Å². The summed E-state index contributed by atoms with van der Waals surface area (Å²) in [5.74, 6) is -0.448. The maximum absolute atomic E-state index is 11.1. The van der Waals surface area contributed by atoms with Gasteiger partial charge >= 0.3 is 0 Å². The molecule has 70 valence electrons. The first-order chi connectivity index (χ1) is 6.79. The van der Waals surface area contributed by atoms with Crippen molar-refractivity contribution in [2.75, 3.05) is 0 Å². The highest BCUT2D eigenvalue weighted by Crippen LogP contribution is 2.21. The Morgan fingerprint density at radius 3 is 2.93 bits per heavy atom. The first-order valence-electron chi connectivity index (χ1n) is 4.16. The Kier molecular flexibility index (Phi) is 2.02. The van der Waals surface area contributed by atoms with E-state index in [0.29, 0.717) is 11.3 Å². The summed E-state index contributed by atoms with van der Waals surface area (Å²) in [6.07, 6.45) is 12.2. The number of carbonyl (C=O) groups excluding carboxylic acids is 1. The molecule has 4 nitrogen and oxygen atoms in total. The van der Waals surface area contributed by atoms with E-state index in [0.717, 1.165) is 0 Å². The number of carbonyl (C=O) groups is 1. The Morgan fingerprint density at radius 2 is 2.14 bits per heavy atom. The zero-order valence-corrected chi connectivity index (χ0v) is 7.42. The summed E-state index contributed by atoms with van der Waals surface area (Å²) in [5, 5.41) is 0. The number of amides is 1. The van der Waals surface area contributed by atoms with Gasteiger partial charge in [-0.1, -0.05) is 0 Å². The molecule has 0 aromatic rings. The van der Waals surface area contributed by atoms with E-state index in [9.17, 15) is 4.79 Å². The van der Waals surface area contributed by atoms with Crippen molar-refractivity contribution < 1.29 is 4.79 Å². The van der Waals surface area contributed by atoms with Crippen LogP contribution < -0.4 is 5.73 Å². The smallest absolute Gasteiger partial charge is 0.250 e. The monoisotopic (exact) mass is 187 g/mol. The first kappa shape index (κ1) is 8.50. The second kappa shape index (κ2) is 3.33. The van der Waals surface area contributed by atoms with E-state index in [4.69, 9.17) is 5.73 Å². The molecule has 2 aliphatic heterocycles. The van der Waals surface area contributed by atoms with Crippen LogP contribution >= 0.6 is 0 Å². The van der Waals surface area contributed by atoms with Crippen LogP contribution in [-0.2, 0) is 4.79 Å². The largest absolute Gasteiger partial charge is 0.366 e. The minimum absolute atomic E-state index is 0.448. The molecule has 0 spiro atoms. The topological polar surface area (TPSA) is 58.7 Å². The molecule has 0 saturated carbocycles. The summed E-state index contributed by atoms with van der Waals surface area (Å²) in [7, 11) is 0. The van der Waals surface area contributed by atoms with Crippen LogP contribution in [0.15, 0.2) is 53.1 Å². The number of nitrogens with two attached hydrogens (primary N) is 1. The van der Waals surface area contributed by atoms with Gasteiger partial charge in [0.15, 0.2) is 0 Å². The van der Waals surface area contributed by atoms with E-state index >= 15 is 0 Å². The molecule has 2 heterocycles. The third-order valence-corrected chi connectivity index (χ3v) is 1.94. The van der Waals surface area contributed by atoms with Crippen LogP contribution in [0.3, 0.4) is 0 Å². The molecular weight excluding hydrogens is 178 g/mol. The summed E-state index contributed by atoms with van der Waals surface area (Å²) >= 11 is 0. The van der Waals surface area contributed by atoms with Crippen molar-refractivity contribution >= 4 is 12.1 Å². The van der Waals surface area contributed by atoms with Crippen molar-refractivity contribution in [1.29, 1.82) is 0 Å². The fourth-order valence-electron chi connectivity index (χ4n) is 1.31. The zero-order chi connectivity index (χ0) is 9.97. The molecule has 2 aliphatic rings. The first-order valence-corrected chi connectivity index (χ1v) is 4.16. The second-order valence-electron chi connectivity index (χ2n) is 2.85. The van der Waals surface area contributed by atoms with Gasteiger partial charge in [-0.2, -0.15) is 0 Å². The van der Waals surface area contributed by atoms with E-state index in [1.54, 1.807) is 35.5 Å². The lowest BCUT2D eigenvalue weighted by molar-refractivity contribution is -0.114. The van der Waals surface area contributed by atoms with Crippen molar-refractivity contribution in [2.24, 2.45) is 10.7 Å². The molecule has 0 bridgehead atoms. The number of aliphatic imine (C=N–C) groups is 1. The maximum Gasteiger partial charge on any atom is 0.250 e. The summed E-state index contributed by atoms with van der Waals surface area (Å²) < 4.78 is 0. The standard InChI is InChI=1S/C10H9N3O/c11-10(14)8-3-1-5-13-6-2-4-12-7-9(8)13/h1-7H,(H2,11,14). The molecule has 0 aliphatic carbocycles. The third kappa shape index (κ3) is 1.37. The Morgan fingerprint density at radius 1 is 1.36 bits per heavy atom. The summed E-state index contributed by atoms with van der Waals surface area (Å²) in [5.41, 5.74) is 6.41. The van der Waals surface area contributed by atoms with Crippen LogP contribution in [0.5, 0.6) is 0 Å². The Balaban J connectivity index is 2.46. The molecule has 14 heavy (non-hydrogen) atoms. The molecule has 0 unspecified atom stereocenters. The van der Waals surface area contributed by atoms with Crippen LogP contribution in [0.4, 0.5) is 0 Å². The average molecular weight is 187 g/mol. The maximum atomic E-state index is 11.1. The molecule has 0 atom stereocenters. The predicted molar refractivity (Wildman–Crippen MR) is 54.0 cm³/mol. The predicted octanol–water partition coefficient (Wildman–Crippen LogP) is 0.667. The van der Waals surface area contributed by atoms with Gasteiger partial charge < -0.3 is 10.6 Å². The Labute approximate surface area is 81.4 Å². The van der Waals surface area contributed by atoms with Gasteiger partial charge in [0.1, 0.15) is 0 Å². The quantitative estimate of drug-likeness (QED) is 0.655. The van der Waals surface area contributed by atoms with Gasteiger partial charge in [-0.3, -0.25) is 9.79 Å². The fraction of sp³-hybridized carbons (Fsp3) is 0. The number of rotatable bonds is 1. The van der Waals surface area contributed by atoms with E-state index in [-0.39, 0.29) is 0 Å². The van der Waals surface area contributed by atoms with Crippen molar-refractivity contribution in [3.05, 3.63) is 48.1 Å². The van der Waals surface area contributed by atoms with Gasteiger partial charge in [0.05, 0.1) is 17.5 Å². The van der Waals surface area contributed by atoms with Gasteiger partial charge in [-0.15, -0.1) is 0 Å². The lowest BCUT2D eigenvalue weighted by Crippen LogP contribution is -2.23. The molecule has 2 N–H and O–H groups in total. The van der Waals surface area contributed by atoms with Crippen LogP contribution in [0.25, 0.3) is 0 Å². The number of nitrogens with zero attached hydrogens (tertiary/aromatic N) is 2. The van der Waals surface area contributed by atoms with Crippen molar-refractivity contribution in [3.8, 4) is 0 Å². The second-order valence-corrected chi connectivity index (χ2v) is 2.85. The number of hydrogen-bond donors (Lipinski definition) is 1. The van der Waals surface area contributed by atoms with Crippen LogP contribution in [-0.4, -0.2) is 17.0 Å². The Bertz CT molecular complexity index is 413. The average Bonchev–Trinajstić information content (AvgIpc) is 2.41. The Hall–Kier alpha value is -2.10. The van der Waals surface area contributed by atoms with Crippen molar-refractivity contribution in [3.63, 3.8) is 0 Å². The minimum Gasteiger partial charge on any atom is -0.366 e. The molecule has 0 saturated heterocycles. The van der Waals surface area contributed by atoms with E-state index in [2.05, 4.69) is 4.99 Å². The number of fused-ring (bicyclic) bond motifs is 1. The van der Waals surface area contributed by atoms with E-state index in [1.165, 1.54) is 0 Å². The van der Waals surface area contributed by atoms with E-state index < -0.39 is 5.91 Å².